The van der Waals surface area contributed by atoms with Crippen LogP contribution in [0.1, 0.15) is 44.3 Å². The van der Waals surface area contributed by atoms with E-state index in [1.54, 1.807) is 12.4 Å². The molecular formula is C25H32N4O3. The highest BCUT2D eigenvalue weighted by Gasteiger charge is 2.56. The molecule has 0 spiro atoms. The fourth-order valence-electron chi connectivity index (χ4n) is 6.15. The molecule has 1 N–H and O–H groups in total. The van der Waals surface area contributed by atoms with E-state index in [-0.39, 0.29) is 42.0 Å². The molecule has 0 aliphatic carbocycles. The average Bonchev–Trinajstić information content (AvgIpc) is 3.04. The number of piperidine rings is 1. The zero-order valence-electron chi connectivity index (χ0n) is 18.7. The molecule has 0 unspecified atom stereocenters. The van der Waals surface area contributed by atoms with Crippen LogP contribution in [0.3, 0.4) is 0 Å². The lowest BCUT2D eigenvalue weighted by Gasteiger charge is -2.38. The summed E-state index contributed by atoms with van der Waals surface area (Å²) in [6.07, 6.45) is 7.61. The summed E-state index contributed by atoms with van der Waals surface area (Å²) in [5.41, 5.74) is 2.38. The van der Waals surface area contributed by atoms with Crippen molar-refractivity contribution in [3.63, 3.8) is 0 Å². The maximum absolute atomic E-state index is 13.7. The molecule has 3 aliphatic heterocycles. The second kappa shape index (κ2) is 8.79. The van der Waals surface area contributed by atoms with Crippen LogP contribution in [0.25, 0.3) is 11.1 Å². The quantitative estimate of drug-likeness (QED) is 0.778. The maximum atomic E-state index is 13.7. The first-order chi connectivity index (χ1) is 15.7. The van der Waals surface area contributed by atoms with Crippen molar-refractivity contribution in [3.05, 3.63) is 52.7 Å². The van der Waals surface area contributed by atoms with Gasteiger partial charge in [0.05, 0.1) is 12.0 Å². The zero-order chi connectivity index (χ0) is 22.2. The van der Waals surface area contributed by atoms with Crippen molar-refractivity contribution in [1.29, 1.82) is 0 Å². The first-order valence-electron chi connectivity index (χ1n) is 11.9. The Morgan fingerprint density at radius 3 is 2.56 bits per heavy atom. The molecule has 0 radical (unpaired) electrons. The first kappa shape index (κ1) is 21.3. The summed E-state index contributed by atoms with van der Waals surface area (Å²) in [6, 6.07) is 7.44. The summed E-state index contributed by atoms with van der Waals surface area (Å²) in [5.74, 6) is -0.323. The van der Waals surface area contributed by atoms with Gasteiger partial charge in [-0.2, -0.15) is 0 Å². The molecule has 2 aromatic rings. The Kier molecular flexibility index (Phi) is 5.86. The third-order valence-corrected chi connectivity index (χ3v) is 7.60. The van der Waals surface area contributed by atoms with Crippen LogP contribution in [0, 0.1) is 11.8 Å². The Bertz CT molecular complexity index is 1030. The molecule has 1 amide bonds. The van der Waals surface area contributed by atoms with Gasteiger partial charge in [-0.15, -0.1) is 0 Å². The average molecular weight is 437 g/mol. The van der Waals surface area contributed by atoms with Gasteiger partial charge in [-0.25, -0.2) is 0 Å². The smallest absolute Gasteiger partial charge is 0.258 e. The highest BCUT2D eigenvalue weighted by Crippen LogP contribution is 2.49. The van der Waals surface area contributed by atoms with Crippen LogP contribution in [0.5, 0.6) is 0 Å². The number of likely N-dealkylation sites (tertiary alicyclic amines) is 1. The largest absolute Gasteiger partial charge is 0.396 e. The van der Waals surface area contributed by atoms with E-state index in [1.165, 1.54) is 6.42 Å². The number of amides is 1. The molecule has 7 heteroatoms. The molecule has 7 nitrogen and oxygen atoms in total. The van der Waals surface area contributed by atoms with Crippen LogP contribution in [0.2, 0.25) is 0 Å². The number of hydrogen-bond donors (Lipinski definition) is 1. The number of aromatic nitrogens is 2. The Morgan fingerprint density at radius 2 is 1.88 bits per heavy atom. The van der Waals surface area contributed by atoms with Gasteiger partial charge in [0.15, 0.2) is 0 Å². The van der Waals surface area contributed by atoms with Crippen LogP contribution in [0.15, 0.2) is 41.5 Å². The van der Waals surface area contributed by atoms with E-state index < -0.39 is 0 Å². The second-order valence-corrected chi connectivity index (χ2v) is 9.33. The van der Waals surface area contributed by atoms with Gasteiger partial charge in [0.1, 0.15) is 0 Å². The standard InChI is InChI=1S/C25H32N4O3/c1-2-12-28-21-15-29-20(7-6-18(24(29)31)17-8-10-26-11-9-17)23(28)22(19(21)16-30)25(32)27-13-4-3-5-14-27/h6-11,19,21-23,30H,2-5,12-16H2,1H3/t19-,21-,22+,23+/m1/s1. The molecular weight excluding hydrogens is 404 g/mol. The summed E-state index contributed by atoms with van der Waals surface area (Å²) in [6.45, 7) is 5.07. The molecule has 5 heterocycles. The van der Waals surface area contributed by atoms with Crippen molar-refractivity contribution in [2.24, 2.45) is 11.8 Å². The number of carbonyl (C=O) groups excluding carboxylic acids is 1. The van der Waals surface area contributed by atoms with Gasteiger partial charge in [0, 0.05) is 61.9 Å². The molecule has 32 heavy (non-hydrogen) atoms. The maximum Gasteiger partial charge on any atom is 0.258 e. The number of rotatable bonds is 5. The van der Waals surface area contributed by atoms with Crippen LogP contribution >= 0.6 is 0 Å². The van der Waals surface area contributed by atoms with Crippen molar-refractivity contribution < 1.29 is 9.90 Å². The summed E-state index contributed by atoms with van der Waals surface area (Å²) >= 11 is 0. The molecule has 2 bridgehead atoms. The Balaban J connectivity index is 1.59. The van der Waals surface area contributed by atoms with Crippen molar-refractivity contribution in [2.45, 2.75) is 51.2 Å². The molecule has 2 aromatic heterocycles. The van der Waals surface area contributed by atoms with Crippen molar-refractivity contribution in [1.82, 2.24) is 19.4 Å². The fraction of sp³-hybridized carbons (Fsp3) is 0.560. The summed E-state index contributed by atoms with van der Waals surface area (Å²) in [4.78, 5) is 35.7. The van der Waals surface area contributed by atoms with Gasteiger partial charge in [0.25, 0.3) is 5.56 Å². The van der Waals surface area contributed by atoms with Gasteiger partial charge in [-0.05, 0) is 62.1 Å². The molecule has 5 rings (SSSR count). The predicted molar refractivity (Wildman–Crippen MR) is 122 cm³/mol. The van der Waals surface area contributed by atoms with Crippen LogP contribution in [0.4, 0.5) is 0 Å². The number of carbonyl (C=O) groups is 1. The van der Waals surface area contributed by atoms with Crippen molar-refractivity contribution in [2.75, 3.05) is 26.2 Å². The van der Waals surface area contributed by atoms with Crippen LogP contribution in [-0.4, -0.2) is 62.6 Å². The topological polar surface area (TPSA) is 78.7 Å². The number of aliphatic hydroxyl groups is 1. The van der Waals surface area contributed by atoms with E-state index >= 15 is 0 Å². The first-order valence-corrected chi connectivity index (χ1v) is 11.9. The number of fused-ring (bicyclic) bond motifs is 4. The molecule has 170 valence electrons. The van der Waals surface area contributed by atoms with Gasteiger partial charge in [-0.1, -0.05) is 6.92 Å². The molecule has 3 aliphatic rings. The minimum Gasteiger partial charge on any atom is -0.396 e. The number of pyridine rings is 2. The van der Waals surface area contributed by atoms with Crippen molar-refractivity contribution >= 4 is 5.91 Å². The third-order valence-electron chi connectivity index (χ3n) is 7.60. The summed E-state index contributed by atoms with van der Waals surface area (Å²) in [7, 11) is 0. The highest BCUT2D eigenvalue weighted by atomic mass is 16.3. The van der Waals surface area contributed by atoms with Gasteiger partial charge < -0.3 is 14.6 Å². The summed E-state index contributed by atoms with van der Waals surface area (Å²) in [5, 5.41) is 10.4. The fourth-order valence-corrected chi connectivity index (χ4v) is 6.15. The van der Waals surface area contributed by atoms with Crippen LogP contribution < -0.4 is 5.56 Å². The molecule has 0 saturated carbocycles. The Labute approximate surface area is 188 Å². The number of hydrogen-bond acceptors (Lipinski definition) is 5. The Morgan fingerprint density at radius 1 is 1.12 bits per heavy atom. The lowest BCUT2D eigenvalue weighted by molar-refractivity contribution is -0.139. The SMILES string of the molecule is CCCN1[C@@H]2Cn3c(ccc(-c4ccncc4)c3=O)[C@H]1[C@@H](C(=O)N1CCCCC1)[C@@H]2CO. The Hall–Kier alpha value is -2.51. The van der Waals surface area contributed by atoms with Crippen molar-refractivity contribution in [3.8, 4) is 11.1 Å². The minimum absolute atomic E-state index is 0.0124. The monoisotopic (exact) mass is 436 g/mol. The van der Waals surface area contributed by atoms with E-state index in [4.69, 9.17) is 0 Å². The lowest BCUT2D eigenvalue weighted by atomic mass is 9.85. The number of nitrogens with zero attached hydrogens (tertiary/aromatic N) is 4. The normalized spacial score (nSPS) is 27.4. The van der Waals surface area contributed by atoms with E-state index in [0.717, 1.165) is 50.2 Å². The lowest BCUT2D eigenvalue weighted by Crippen LogP contribution is -2.47. The van der Waals surface area contributed by atoms with E-state index in [0.29, 0.717) is 12.1 Å². The second-order valence-electron chi connectivity index (χ2n) is 9.33. The van der Waals surface area contributed by atoms with Gasteiger partial charge in [0.2, 0.25) is 5.91 Å². The van der Waals surface area contributed by atoms with E-state index in [9.17, 15) is 14.7 Å². The molecule has 2 fully saturated rings. The van der Waals surface area contributed by atoms with E-state index in [2.05, 4.69) is 16.8 Å². The minimum atomic E-state index is -0.311. The highest BCUT2D eigenvalue weighted by molar-refractivity contribution is 5.81. The van der Waals surface area contributed by atoms with Gasteiger partial charge >= 0.3 is 0 Å². The zero-order valence-corrected chi connectivity index (χ0v) is 18.7. The van der Waals surface area contributed by atoms with Crippen LogP contribution in [-0.2, 0) is 11.3 Å². The summed E-state index contributed by atoms with van der Waals surface area (Å²) < 4.78 is 1.86. The molecule has 2 saturated heterocycles. The third kappa shape index (κ3) is 3.39. The predicted octanol–water partition coefficient (Wildman–Crippen LogP) is 2.30. The van der Waals surface area contributed by atoms with Gasteiger partial charge in [-0.3, -0.25) is 19.5 Å². The molecule has 0 aromatic carbocycles. The molecule has 4 atom stereocenters. The number of aliphatic hydroxyl groups excluding tert-OH is 1. The van der Waals surface area contributed by atoms with E-state index in [1.807, 2.05) is 33.7 Å².